The Labute approximate surface area is 178 Å². The topological polar surface area (TPSA) is 58.1 Å². The lowest BCUT2D eigenvalue weighted by molar-refractivity contribution is 0.181. The maximum atomic E-state index is 13.0. The maximum absolute atomic E-state index is 13.0. The van der Waals surface area contributed by atoms with E-state index in [-0.39, 0.29) is 16.2 Å². The van der Waals surface area contributed by atoms with E-state index in [1.54, 1.807) is 6.20 Å². The largest absolute Gasteiger partial charge is 0.354 e. The summed E-state index contributed by atoms with van der Waals surface area (Å²) in [7, 11) is -1.12. The molecule has 150 valence electrons. The molecule has 4 rings (SSSR count). The summed E-state index contributed by atoms with van der Waals surface area (Å²) >= 11 is 3.36. The Balaban J connectivity index is 1.62. The molecule has 1 aromatic carbocycles. The zero-order chi connectivity index (χ0) is 19.9. The summed E-state index contributed by atoms with van der Waals surface area (Å²) in [6.07, 6.45) is 6.67. The van der Waals surface area contributed by atoms with Crippen molar-refractivity contribution >= 4 is 32.7 Å². The molecule has 0 radical (unpaired) electrons. The minimum absolute atomic E-state index is 0.101. The highest BCUT2D eigenvalue weighted by Crippen LogP contribution is 2.45. The molecule has 0 bridgehead atoms. The monoisotopic (exact) mass is 462 g/mol. The molecule has 1 spiro atoms. The summed E-state index contributed by atoms with van der Waals surface area (Å²) in [4.78, 5) is 11.1. The Kier molecular flexibility index (Phi) is 5.35. The second-order valence-electron chi connectivity index (χ2n) is 8.93. The summed E-state index contributed by atoms with van der Waals surface area (Å²) < 4.78 is 16.9. The maximum Gasteiger partial charge on any atom is 0.147 e. The summed E-state index contributed by atoms with van der Waals surface area (Å²) in [5, 5.41) is 0. The molecule has 1 saturated heterocycles. The third-order valence-electron chi connectivity index (χ3n) is 5.96. The number of piperidine rings is 1. The standard InChI is InChI=1S/C21H27BrN4OS/c1-20(2,3)28(27)25-17-14-26(19-13-23-18(22)12-24-19)9-8-21(17)10-15-6-4-5-7-16(15)11-21/h4-7,12-13,17,25H,8-11,14H2,1-3H3. The lowest BCUT2D eigenvalue weighted by Crippen LogP contribution is -2.59. The van der Waals surface area contributed by atoms with Gasteiger partial charge in [0.05, 0.1) is 28.1 Å². The molecular weight excluding hydrogens is 436 g/mol. The van der Waals surface area contributed by atoms with Crippen molar-refractivity contribution in [2.24, 2.45) is 5.41 Å². The van der Waals surface area contributed by atoms with E-state index in [1.165, 1.54) is 11.1 Å². The molecule has 1 aromatic heterocycles. The number of halogens is 1. The van der Waals surface area contributed by atoms with Gasteiger partial charge in [0.1, 0.15) is 10.4 Å². The summed E-state index contributed by atoms with van der Waals surface area (Å²) in [5.41, 5.74) is 2.98. The van der Waals surface area contributed by atoms with E-state index in [9.17, 15) is 4.21 Å². The predicted octanol–water partition coefficient (Wildman–Crippen LogP) is 3.65. The molecule has 2 atom stereocenters. The number of hydrogen-bond donors (Lipinski definition) is 1. The van der Waals surface area contributed by atoms with Crippen LogP contribution in [0.5, 0.6) is 0 Å². The van der Waals surface area contributed by atoms with Crippen LogP contribution in [0.2, 0.25) is 0 Å². The first kappa shape index (κ1) is 20.0. The molecule has 28 heavy (non-hydrogen) atoms. The van der Waals surface area contributed by atoms with Crippen molar-refractivity contribution in [2.75, 3.05) is 18.0 Å². The van der Waals surface area contributed by atoms with Gasteiger partial charge < -0.3 is 4.90 Å². The normalized spacial score (nSPS) is 22.3. The van der Waals surface area contributed by atoms with Crippen molar-refractivity contribution in [3.05, 3.63) is 52.4 Å². The van der Waals surface area contributed by atoms with Crippen LogP contribution < -0.4 is 9.62 Å². The number of aromatic nitrogens is 2. The van der Waals surface area contributed by atoms with E-state index in [1.807, 2.05) is 27.0 Å². The van der Waals surface area contributed by atoms with Gasteiger partial charge in [-0.15, -0.1) is 0 Å². The molecule has 0 saturated carbocycles. The van der Waals surface area contributed by atoms with Crippen molar-refractivity contribution in [1.29, 1.82) is 0 Å². The highest BCUT2D eigenvalue weighted by atomic mass is 79.9. The predicted molar refractivity (Wildman–Crippen MR) is 118 cm³/mol. The van der Waals surface area contributed by atoms with Crippen LogP contribution in [0, 0.1) is 5.41 Å². The number of nitrogens with one attached hydrogen (secondary N) is 1. The number of anilines is 1. The van der Waals surface area contributed by atoms with Crippen LogP contribution >= 0.6 is 15.9 Å². The number of hydrogen-bond acceptors (Lipinski definition) is 4. The van der Waals surface area contributed by atoms with Gasteiger partial charge in [-0.2, -0.15) is 0 Å². The Hall–Kier alpha value is -1.31. The first-order valence-electron chi connectivity index (χ1n) is 9.74. The fourth-order valence-electron chi connectivity index (χ4n) is 4.33. The molecule has 7 heteroatoms. The van der Waals surface area contributed by atoms with Gasteiger partial charge in [-0.3, -0.25) is 0 Å². The van der Waals surface area contributed by atoms with Gasteiger partial charge in [0, 0.05) is 19.1 Å². The van der Waals surface area contributed by atoms with E-state index in [2.05, 4.69) is 59.8 Å². The van der Waals surface area contributed by atoms with Gasteiger partial charge in [0.15, 0.2) is 0 Å². The average molecular weight is 463 g/mol. The second-order valence-corrected chi connectivity index (χ2v) is 11.7. The molecule has 0 amide bonds. The molecule has 2 heterocycles. The number of fused-ring (bicyclic) bond motifs is 1. The quantitative estimate of drug-likeness (QED) is 0.755. The molecule has 1 aliphatic carbocycles. The summed E-state index contributed by atoms with van der Waals surface area (Å²) in [5.74, 6) is 0.877. The van der Waals surface area contributed by atoms with Gasteiger partial charge >= 0.3 is 0 Å². The summed E-state index contributed by atoms with van der Waals surface area (Å²) in [6, 6.07) is 8.86. The van der Waals surface area contributed by atoms with Crippen molar-refractivity contribution in [3.8, 4) is 0 Å². The smallest absolute Gasteiger partial charge is 0.147 e. The van der Waals surface area contributed by atoms with Gasteiger partial charge in [-0.1, -0.05) is 24.3 Å². The van der Waals surface area contributed by atoms with Gasteiger partial charge in [0.2, 0.25) is 0 Å². The van der Waals surface area contributed by atoms with Crippen LogP contribution in [0.1, 0.15) is 38.3 Å². The van der Waals surface area contributed by atoms with Crippen molar-refractivity contribution in [1.82, 2.24) is 14.7 Å². The summed E-state index contributed by atoms with van der Waals surface area (Å²) in [6.45, 7) is 7.78. The van der Waals surface area contributed by atoms with Crippen LogP contribution in [-0.2, 0) is 23.8 Å². The van der Waals surface area contributed by atoms with Crippen LogP contribution in [0.25, 0.3) is 0 Å². The molecule has 1 fully saturated rings. The van der Waals surface area contributed by atoms with E-state index in [4.69, 9.17) is 0 Å². The first-order valence-corrected chi connectivity index (χ1v) is 11.7. The highest BCUT2D eigenvalue weighted by molar-refractivity contribution is 9.10. The zero-order valence-corrected chi connectivity index (χ0v) is 19.0. The Morgan fingerprint density at radius 1 is 1.18 bits per heavy atom. The lowest BCUT2D eigenvalue weighted by atomic mass is 9.72. The fourth-order valence-corrected chi connectivity index (χ4v) is 5.47. The highest BCUT2D eigenvalue weighted by Gasteiger charge is 2.48. The minimum atomic E-state index is -1.12. The molecule has 2 unspecified atom stereocenters. The van der Waals surface area contributed by atoms with Crippen LogP contribution in [-0.4, -0.2) is 38.1 Å². The van der Waals surface area contributed by atoms with E-state index in [0.29, 0.717) is 0 Å². The number of rotatable bonds is 3. The third kappa shape index (κ3) is 3.89. The Morgan fingerprint density at radius 3 is 2.43 bits per heavy atom. The second kappa shape index (κ2) is 7.50. The van der Waals surface area contributed by atoms with E-state index >= 15 is 0 Å². The van der Waals surface area contributed by atoms with Gasteiger partial charge in [-0.05, 0) is 72.5 Å². The van der Waals surface area contributed by atoms with Crippen LogP contribution in [0.3, 0.4) is 0 Å². The Morgan fingerprint density at radius 2 is 1.86 bits per heavy atom. The Bertz CT molecular complexity index is 856. The molecule has 2 aromatic rings. The fraction of sp³-hybridized carbons (Fsp3) is 0.524. The van der Waals surface area contributed by atoms with Crippen LogP contribution in [0.15, 0.2) is 41.3 Å². The van der Waals surface area contributed by atoms with E-state index < -0.39 is 11.0 Å². The van der Waals surface area contributed by atoms with E-state index in [0.717, 1.165) is 42.8 Å². The van der Waals surface area contributed by atoms with Gasteiger partial charge in [0.25, 0.3) is 0 Å². The lowest BCUT2D eigenvalue weighted by Gasteiger charge is -2.47. The zero-order valence-electron chi connectivity index (χ0n) is 16.6. The number of nitrogens with zero attached hydrogens (tertiary/aromatic N) is 3. The molecular formula is C21H27BrN4OS. The SMILES string of the molecule is CC(C)(C)S(=O)NC1CN(c2cnc(Br)cn2)CCC12Cc1ccccc1C2. The molecule has 2 aliphatic rings. The molecule has 1 aliphatic heterocycles. The van der Waals surface area contributed by atoms with Gasteiger partial charge in [-0.25, -0.2) is 18.9 Å². The molecule has 5 nitrogen and oxygen atoms in total. The van der Waals surface area contributed by atoms with Crippen LogP contribution in [0.4, 0.5) is 5.82 Å². The minimum Gasteiger partial charge on any atom is -0.354 e. The third-order valence-corrected chi connectivity index (χ3v) is 7.98. The van der Waals surface area contributed by atoms with Crippen molar-refractivity contribution < 1.29 is 4.21 Å². The average Bonchev–Trinajstić information content (AvgIpc) is 3.02. The van der Waals surface area contributed by atoms with Crippen molar-refractivity contribution in [2.45, 2.75) is 50.8 Å². The molecule has 1 N–H and O–H groups in total. The van der Waals surface area contributed by atoms with Crippen molar-refractivity contribution in [3.63, 3.8) is 0 Å². The number of benzene rings is 1. The first-order chi connectivity index (χ1) is 13.3.